The Balaban J connectivity index is 1.60. The maximum Gasteiger partial charge on any atom is 0.169 e. The predicted octanol–water partition coefficient (Wildman–Crippen LogP) is 5.00. The first-order valence-electron chi connectivity index (χ1n) is 9.41. The molecule has 5 heteroatoms. The van der Waals surface area contributed by atoms with Crippen LogP contribution in [0.4, 0.5) is 0 Å². The van der Waals surface area contributed by atoms with Crippen LogP contribution in [0.3, 0.4) is 0 Å². The second-order valence-electron chi connectivity index (χ2n) is 7.58. The van der Waals surface area contributed by atoms with Gasteiger partial charge in [0, 0.05) is 17.3 Å². The van der Waals surface area contributed by atoms with Crippen LogP contribution in [-0.2, 0) is 0 Å². The maximum atomic E-state index is 6.55. The number of rotatable bonds is 3. The predicted molar refractivity (Wildman–Crippen MR) is 112 cm³/mol. The lowest BCUT2D eigenvalue weighted by Gasteiger charge is -2.44. The summed E-state index contributed by atoms with van der Waals surface area (Å²) in [5, 5.41) is 4.41. The van der Waals surface area contributed by atoms with Crippen molar-refractivity contribution in [3.8, 4) is 11.1 Å². The van der Waals surface area contributed by atoms with Crippen molar-refractivity contribution in [1.29, 1.82) is 0 Å². The fourth-order valence-corrected chi connectivity index (χ4v) is 4.47. The molecule has 2 aliphatic rings. The average Bonchev–Trinajstić information content (AvgIpc) is 3.06. The summed E-state index contributed by atoms with van der Waals surface area (Å²) >= 11 is 3.56. The van der Waals surface area contributed by atoms with E-state index in [1.165, 1.54) is 6.42 Å². The second-order valence-corrected chi connectivity index (χ2v) is 8.43. The van der Waals surface area contributed by atoms with Crippen molar-refractivity contribution in [3.05, 3.63) is 71.1 Å². The van der Waals surface area contributed by atoms with Gasteiger partial charge in [-0.25, -0.2) is 9.50 Å². The van der Waals surface area contributed by atoms with Gasteiger partial charge in [0.05, 0.1) is 16.4 Å². The van der Waals surface area contributed by atoms with Crippen molar-refractivity contribution in [1.82, 2.24) is 14.6 Å². The molecule has 0 spiro atoms. The number of hydrogen-bond donors (Lipinski definition) is 1. The van der Waals surface area contributed by atoms with E-state index in [1.54, 1.807) is 6.20 Å². The number of allylic oxidation sites excluding steroid dienone is 3. The molecule has 1 fully saturated rings. The van der Waals surface area contributed by atoms with Gasteiger partial charge in [0.15, 0.2) is 5.65 Å². The van der Waals surface area contributed by atoms with Gasteiger partial charge in [0.1, 0.15) is 0 Å². The van der Waals surface area contributed by atoms with E-state index in [1.807, 2.05) is 10.6 Å². The summed E-state index contributed by atoms with van der Waals surface area (Å²) < 4.78 is 2.73. The van der Waals surface area contributed by atoms with Crippen LogP contribution in [-0.4, -0.2) is 20.1 Å². The van der Waals surface area contributed by atoms with E-state index < -0.39 is 0 Å². The van der Waals surface area contributed by atoms with Crippen LogP contribution in [0.1, 0.15) is 31.4 Å². The summed E-state index contributed by atoms with van der Waals surface area (Å²) in [5.41, 5.74) is 11.7. The molecule has 0 amide bonds. The first-order valence-corrected chi connectivity index (χ1v) is 10.2. The zero-order valence-corrected chi connectivity index (χ0v) is 16.6. The molecule has 0 radical (unpaired) electrons. The van der Waals surface area contributed by atoms with Crippen molar-refractivity contribution >= 4 is 27.2 Å². The highest BCUT2D eigenvalue weighted by Gasteiger charge is 2.39. The number of aromatic nitrogens is 3. The van der Waals surface area contributed by atoms with Gasteiger partial charge in [-0.15, -0.1) is 0 Å². The van der Waals surface area contributed by atoms with Crippen LogP contribution in [0.15, 0.2) is 65.4 Å². The van der Waals surface area contributed by atoms with Crippen LogP contribution in [0.5, 0.6) is 0 Å². The fraction of sp³-hybridized carbons (Fsp3) is 0.273. The molecule has 0 saturated heterocycles. The highest BCUT2D eigenvalue weighted by Crippen LogP contribution is 2.41. The summed E-state index contributed by atoms with van der Waals surface area (Å²) in [7, 11) is 0. The standard InChI is InChI=1S/C22H21BrN4/c23-19-13-25-27-14-18(15-5-2-1-3-6-15)20(26-21(19)27)16-7-9-17(10-8-16)22(24)11-4-12-22/h1-3,5-9,13-14,17H,4,10-12,24H2. The van der Waals surface area contributed by atoms with Gasteiger partial charge in [-0.2, -0.15) is 5.10 Å². The Labute approximate surface area is 166 Å². The minimum Gasteiger partial charge on any atom is -0.325 e. The van der Waals surface area contributed by atoms with Crippen molar-refractivity contribution in [2.45, 2.75) is 31.2 Å². The van der Waals surface area contributed by atoms with E-state index in [2.05, 4.69) is 69.7 Å². The van der Waals surface area contributed by atoms with Crippen molar-refractivity contribution in [3.63, 3.8) is 0 Å². The van der Waals surface area contributed by atoms with Crippen LogP contribution < -0.4 is 5.73 Å². The summed E-state index contributed by atoms with van der Waals surface area (Å²) in [6.07, 6.45) is 15.1. The van der Waals surface area contributed by atoms with Crippen LogP contribution >= 0.6 is 15.9 Å². The molecule has 5 rings (SSSR count). The minimum absolute atomic E-state index is 0.00729. The Morgan fingerprint density at radius 1 is 1.19 bits per heavy atom. The third-order valence-corrected chi connectivity index (χ3v) is 6.49. The lowest BCUT2D eigenvalue weighted by molar-refractivity contribution is 0.183. The van der Waals surface area contributed by atoms with Gasteiger partial charge < -0.3 is 5.73 Å². The zero-order valence-electron chi connectivity index (χ0n) is 15.0. The molecule has 1 atom stereocenters. The van der Waals surface area contributed by atoms with E-state index in [4.69, 9.17) is 10.7 Å². The lowest BCUT2D eigenvalue weighted by Crippen LogP contribution is -2.52. The van der Waals surface area contributed by atoms with E-state index in [0.29, 0.717) is 5.92 Å². The van der Waals surface area contributed by atoms with Crippen LogP contribution in [0, 0.1) is 5.92 Å². The molecule has 2 N–H and O–H groups in total. The van der Waals surface area contributed by atoms with Gasteiger partial charge in [-0.05, 0) is 58.7 Å². The molecule has 3 aromatic rings. The van der Waals surface area contributed by atoms with Crippen molar-refractivity contribution < 1.29 is 0 Å². The fourth-order valence-electron chi connectivity index (χ4n) is 4.11. The first-order chi connectivity index (χ1) is 13.1. The zero-order chi connectivity index (χ0) is 18.4. The number of halogens is 1. The highest BCUT2D eigenvalue weighted by atomic mass is 79.9. The summed E-state index contributed by atoms with van der Waals surface area (Å²) in [6.45, 7) is 0. The molecule has 1 unspecified atom stereocenters. The van der Waals surface area contributed by atoms with Gasteiger partial charge >= 0.3 is 0 Å². The van der Waals surface area contributed by atoms with Crippen molar-refractivity contribution in [2.24, 2.45) is 11.7 Å². The number of benzene rings is 1. The Hall–Kier alpha value is -2.24. The van der Waals surface area contributed by atoms with E-state index in [9.17, 15) is 0 Å². The van der Waals surface area contributed by atoms with Crippen LogP contribution in [0.25, 0.3) is 22.3 Å². The average molecular weight is 421 g/mol. The molecule has 27 heavy (non-hydrogen) atoms. The molecule has 0 bridgehead atoms. The molecule has 1 saturated carbocycles. The Bertz CT molecular complexity index is 1060. The molecule has 2 aromatic heterocycles. The summed E-state index contributed by atoms with van der Waals surface area (Å²) in [6, 6.07) is 10.4. The number of nitrogens with two attached hydrogens (primary N) is 1. The molecule has 2 aliphatic carbocycles. The Kier molecular flexibility index (Phi) is 4.02. The Morgan fingerprint density at radius 2 is 2.00 bits per heavy atom. The smallest absolute Gasteiger partial charge is 0.169 e. The lowest BCUT2D eigenvalue weighted by atomic mass is 9.66. The Morgan fingerprint density at radius 3 is 2.67 bits per heavy atom. The normalized spacial score (nSPS) is 21.1. The molecule has 2 heterocycles. The quantitative estimate of drug-likeness (QED) is 0.648. The maximum absolute atomic E-state index is 6.55. The SMILES string of the molecule is NC1(C2C=CC(c3nc4c(Br)cnn4cc3-c3ccccc3)=CC2)CCC1. The monoisotopic (exact) mass is 420 g/mol. The van der Waals surface area contributed by atoms with E-state index in [-0.39, 0.29) is 5.54 Å². The third-order valence-electron chi connectivity index (χ3n) is 5.93. The highest BCUT2D eigenvalue weighted by molar-refractivity contribution is 9.10. The summed E-state index contributed by atoms with van der Waals surface area (Å²) in [4.78, 5) is 4.96. The van der Waals surface area contributed by atoms with Gasteiger partial charge in [-0.1, -0.05) is 48.6 Å². The third kappa shape index (κ3) is 2.86. The van der Waals surface area contributed by atoms with Crippen LogP contribution in [0.2, 0.25) is 0 Å². The first kappa shape index (κ1) is 16.9. The number of hydrogen-bond acceptors (Lipinski definition) is 3. The molecular weight excluding hydrogens is 400 g/mol. The van der Waals surface area contributed by atoms with Crippen molar-refractivity contribution in [2.75, 3.05) is 0 Å². The number of nitrogens with zero attached hydrogens (tertiary/aromatic N) is 3. The van der Waals surface area contributed by atoms with Gasteiger partial charge in [-0.3, -0.25) is 0 Å². The summed E-state index contributed by atoms with van der Waals surface area (Å²) in [5.74, 6) is 0.431. The molecule has 136 valence electrons. The van der Waals surface area contributed by atoms with E-state index >= 15 is 0 Å². The molecule has 0 aliphatic heterocycles. The van der Waals surface area contributed by atoms with Gasteiger partial charge in [0.2, 0.25) is 0 Å². The minimum atomic E-state index is -0.00729. The van der Waals surface area contributed by atoms with E-state index in [0.717, 1.165) is 51.8 Å². The van der Waals surface area contributed by atoms with Gasteiger partial charge in [0.25, 0.3) is 0 Å². The topological polar surface area (TPSA) is 56.2 Å². The molecular formula is C22H21BrN4. The second kappa shape index (κ2) is 6.43. The molecule has 1 aromatic carbocycles. The number of fused-ring (bicyclic) bond motifs is 1. The molecule has 4 nitrogen and oxygen atoms in total. The largest absolute Gasteiger partial charge is 0.325 e.